The molecule has 0 amide bonds. The van der Waals surface area contributed by atoms with Gasteiger partial charge in [0.1, 0.15) is 12.2 Å². The maximum Gasteiger partial charge on any atom is 0.107 e. The summed E-state index contributed by atoms with van der Waals surface area (Å²) in [6, 6.07) is 5.46. The molecule has 3 heteroatoms. The standard InChI is InChI=1S/C11H16O3/c1-7-3-4-9(5-8(7)2)11(14)10(13)6-12/h3-5,10-14H,6H2,1-2H3. The summed E-state index contributed by atoms with van der Waals surface area (Å²) >= 11 is 0. The second-order valence-corrected chi connectivity index (χ2v) is 3.54. The van der Waals surface area contributed by atoms with Gasteiger partial charge in [-0.1, -0.05) is 18.2 Å². The smallest absolute Gasteiger partial charge is 0.107 e. The highest BCUT2D eigenvalue weighted by Gasteiger charge is 2.17. The molecule has 78 valence electrons. The van der Waals surface area contributed by atoms with E-state index >= 15 is 0 Å². The Morgan fingerprint density at radius 3 is 2.29 bits per heavy atom. The van der Waals surface area contributed by atoms with Crippen LogP contribution in [0.15, 0.2) is 18.2 Å². The molecule has 3 nitrogen and oxygen atoms in total. The molecule has 0 bridgehead atoms. The van der Waals surface area contributed by atoms with Crippen LogP contribution < -0.4 is 0 Å². The predicted molar refractivity (Wildman–Crippen MR) is 54.0 cm³/mol. The van der Waals surface area contributed by atoms with Gasteiger partial charge in [0, 0.05) is 0 Å². The van der Waals surface area contributed by atoms with Gasteiger partial charge in [0.2, 0.25) is 0 Å². The first-order valence-electron chi connectivity index (χ1n) is 4.60. The number of aliphatic hydroxyl groups excluding tert-OH is 3. The Hall–Kier alpha value is -0.900. The molecule has 14 heavy (non-hydrogen) atoms. The van der Waals surface area contributed by atoms with E-state index in [1.54, 1.807) is 6.07 Å². The van der Waals surface area contributed by atoms with Crippen molar-refractivity contribution >= 4 is 0 Å². The number of hydrogen-bond donors (Lipinski definition) is 3. The maximum absolute atomic E-state index is 9.59. The molecule has 0 aliphatic rings. The number of aryl methyl sites for hydroxylation is 2. The van der Waals surface area contributed by atoms with Crippen molar-refractivity contribution in [3.05, 3.63) is 34.9 Å². The van der Waals surface area contributed by atoms with Crippen LogP contribution in [0.5, 0.6) is 0 Å². The largest absolute Gasteiger partial charge is 0.394 e. The summed E-state index contributed by atoms with van der Waals surface area (Å²) in [5.41, 5.74) is 2.83. The highest BCUT2D eigenvalue weighted by molar-refractivity contribution is 5.31. The average Bonchev–Trinajstić information content (AvgIpc) is 2.20. The number of benzene rings is 1. The first-order valence-corrected chi connectivity index (χ1v) is 4.60. The number of hydrogen-bond acceptors (Lipinski definition) is 3. The second-order valence-electron chi connectivity index (χ2n) is 3.54. The molecule has 1 rings (SSSR count). The lowest BCUT2D eigenvalue weighted by molar-refractivity contribution is -0.0152. The minimum absolute atomic E-state index is 0.436. The zero-order chi connectivity index (χ0) is 10.7. The summed E-state index contributed by atoms with van der Waals surface area (Å²) in [5, 5.41) is 27.5. The number of rotatable bonds is 3. The first kappa shape index (κ1) is 11.2. The monoisotopic (exact) mass is 196 g/mol. The Morgan fingerprint density at radius 2 is 1.79 bits per heavy atom. The normalized spacial score (nSPS) is 15.2. The molecule has 0 aliphatic heterocycles. The fraction of sp³-hybridized carbons (Fsp3) is 0.455. The highest BCUT2D eigenvalue weighted by atomic mass is 16.4. The molecule has 0 saturated heterocycles. The zero-order valence-corrected chi connectivity index (χ0v) is 8.44. The molecule has 0 aromatic heterocycles. The van der Waals surface area contributed by atoms with Crippen LogP contribution in [0, 0.1) is 13.8 Å². The molecule has 1 aromatic rings. The Labute approximate surface area is 83.6 Å². The third kappa shape index (κ3) is 2.32. The van der Waals surface area contributed by atoms with Crippen LogP contribution >= 0.6 is 0 Å². The van der Waals surface area contributed by atoms with Crippen LogP contribution in [0.3, 0.4) is 0 Å². The van der Waals surface area contributed by atoms with E-state index in [0.29, 0.717) is 5.56 Å². The van der Waals surface area contributed by atoms with Crippen molar-refractivity contribution < 1.29 is 15.3 Å². The van der Waals surface area contributed by atoms with Gasteiger partial charge in [-0.3, -0.25) is 0 Å². The van der Waals surface area contributed by atoms with E-state index < -0.39 is 18.8 Å². The summed E-state index contributed by atoms with van der Waals surface area (Å²) in [7, 11) is 0. The predicted octanol–water partition coefficient (Wildman–Crippen LogP) is 0.690. The first-order chi connectivity index (χ1) is 6.56. The van der Waals surface area contributed by atoms with Gasteiger partial charge in [0.15, 0.2) is 0 Å². The van der Waals surface area contributed by atoms with Gasteiger partial charge in [0.05, 0.1) is 6.61 Å². The van der Waals surface area contributed by atoms with E-state index in [9.17, 15) is 10.2 Å². The van der Waals surface area contributed by atoms with Gasteiger partial charge < -0.3 is 15.3 Å². The molecule has 2 atom stereocenters. The van der Waals surface area contributed by atoms with Gasteiger partial charge in [-0.25, -0.2) is 0 Å². The van der Waals surface area contributed by atoms with Crippen molar-refractivity contribution in [1.82, 2.24) is 0 Å². The van der Waals surface area contributed by atoms with Crippen molar-refractivity contribution in [2.45, 2.75) is 26.1 Å². The molecular formula is C11H16O3. The third-order valence-corrected chi connectivity index (χ3v) is 2.42. The van der Waals surface area contributed by atoms with Crippen molar-refractivity contribution in [3.63, 3.8) is 0 Å². The lowest BCUT2D eigenvalue weighted by atomic mass is 10.00. The molecule has 0 spiro atoms. The van der Waals surface area contributed by atoms with Crippen LogP contribution in [0.4, 0.5) is 0 Å². The summed E-state index contributed by atoms with van der Waals surface area (Å²) < 4.78 is 0. The van der Waals surface area contributed by atoms with E-state index in [2.05, 4.69) is 0 Å². The van der Waals surface area contributed by atoms with Crippen LogP contribution in [0.1, 0.15) is 22.8 Å². The van der Waals surface area contributed by atoms with Crippen molar-refractivity contribution in [1.29, 1.82) is 0 Å². The molecule has 0 fully saturated rings. The molecule has 3 N–H and O–H groups in total. The number of aliphatic hydroxyl groups is 3. The van der Waals surface area contributed by atoms with Gasteiger partial charge >= 0.3 is 0 Å². The molecular weight excluding hydrogens is 180 g/mol. The Balaban J connectivity index is 2.91. The SMILES string of the molecule is Cc1ccc(C(O)C(O)CO)cc1C. The van der Waals surface area contributed by atoms with Crippen LogP contribution in [0.2, 0.25) is 0 Å². The second kappa shape index (κ2) is 4.55. The highest BCUT2D eigenvalue weighted by Crippen LogP contribution is 2.19. The molecule has 0 radical (unpaired) electrons. The van der Waals surface area contributed by atoms with Gasteiger partial charge in [-0.2, -0.15) is 0 Å². The van der Waals surface area contributed by atoms with Crippen molar-refractivity contribution in [3.8, 4) is 0 Å². The van der Waals surface area contributed by atoms with E-state index in [0.717, 1.165) is 11.1 Å². The fourth-order valence-electron chi connectivity index (χ4n) is 1.27. The van der Waals surface area contributed by atoms with Crippen LogP contribution in [-0.4, -0.2) is 28.0 Å². The Morgan fingerprint density at radius 1 is 1.14 bits per heavy atom. The lowest BCUT2D eigenvalue weighted by Crippen LogP contribution is -2.22. The van der Waals surface area contributed by atoms with Crippen molar-refractivity contribution in [2.24, 2.45) is 0 Å². The quantitative estimate of drug-likeness (QED) is 0.666. The van der Waals surface area contributed by atoms with Crippen molar-refractivity contribution in [2.75, 3.05) is 6.61 Å². The van der Waals surface area contributed by atoms with E-state index in [4.69, 9.17) is 5.11 Å². The summed E-state index contributed by atoms with van der Waals surface area (Å²) in [4.78, 5) is 0. The third-order valence-electron chi connectivity index (χ3n) is 2.42. The summed E-state index contributed by atoms with van der Waals surface area (Å²) in [6.07, 6.45) is -2.13. The van der Waals surface area contributed by atoms with E-state index in [-0.39, 0.29) is 0 Å². The minimum atomic E-state index is -1.11. The van der Waals surface area contributed by atoms with E-state index in [1.165, 1.54) is 0 Å². The maximum atomic E-state index is 9.59. The van der Waals surface area contributed by atoms with Crippen LogP contribution in [0.25, 0.3) is 0 Å². The van der Waals surface area contributed by atoms with Gasteiger partial charge in [-0.15, -0.1) is 0 Å². The molecule has 0 heterocycles. The molecule has 2 unspecified atom stereocenters. The fourth-order valence-corrected chi connectivity index (χ4v) is 1.27. The Kier molecular flexibility index (Phi) is 3.63. The molecule has 0 saturated carbocycles. The molecule has 1 aromatic carbocycles. The molecule has 0 aliphatic carbocycles. The van der Waals surface area contributed by atoms with Crippen LogP contribution in [-0.2, 0) is 0 Å². The van der Waals surface area contributed by atoms with Gasteiger partial charge in [0.25, 0.3) is 0 Å². The minimum Gasteiger partial charge on any atom is -0.394 e. The van der Waals surface area contributed by atoms with E-state index in [1.807, 2.05) is 26.0 Å². The summed E-state index contributed by atoms with van der Waals surface area (Å²) in [6.45, 7) is 3.49. The van der Waals surface area contributed by atoms with Gasteiger partial charge in [-0.05, 0) is 30.5 Å². The average molecular weight is 196 g/mol. The Bertz CT molecular complexity index is 309. The lowest BCUT2D eigenvalue weighted by Gasteiger charge is -2.16. The zero-order valence-electron chi connectivity index (χ0n) is 8.44. The topological polar surface area (TPSA) is 60.7 Å². The summed E-state index contributed by atoms with van der Waals surface area (Å²) in [5.74, 6) is 0.